The number of pyridine rings is 1. The molecule has 164 valence electrons. The number of hydrogen-bond donors (Lipinski definition) is 1. The zero-order chi connectivity index (χ0) is 21.3. The molecule has 2 saturated heterocycles. The lowest BCUT2D eigenvalue weighted by Gasteiger charge is -2.39. The molecular weight excluding hydrogens is 399 g/mol. The second-order valence-electron chi connectivity index (χ2n) is 8.58. The first-order chi connectivity index (χ1) is 14.3. The van der Waals surface area contributed by atoms with Gasteiger partial charge >= 0.3 is 12.3 Å². The van der Waals surface area contributed by atoms with Crippen LogP contribution >= 0.6 is 0 Å². The van der Waals surface area contributed by atoms with Gasteiger partial charge in [-0.05, 0) is 43.7 Å². The molecule has 30 heavy (non-hydrogen) atoms. The van der Waals surface area contributed by atoms with Crippen LogP contribution in [0.5, 0.6) is 0 Å². The van der Waals surface area contributed by atoms with E-state index in [1.54, 1.807) is 4.90 Å². The molecule has 0 aromatic carbocycles. The minimum atomic E-state index is -4.09. The lowest BCUT2D eigenvalue weighted by molar-refractivity contribution is -0.182. The van der Waals surface area contributed by atoms with Gasteiger partial charge in [-0.2, -0.15) is 13.2 Å². The monoisotopic (exact) mass is 425 g/mol. The van der Waals surface area contributed by atoms with Crippen molar-refractivity contribution in [2.45, 2.75) is 62.6 Å². The first-order valence-electron chi connectivity index (χ1n) is 10.5. The molecule has 1 aromatic heterocycles. The van der Waals surface area contributed by atoms with E-state index in [-0.39, 0.29) is 36.6 Å². The third-order valence-electron chi connectivity index (χ3n) is 6.57. The lowest BCUT2D eigenvalue weighted by Crippen LogP contribution is -2.48. The summed E-state index contributed by atoms with van der Waals surface area (Å²) in [6, 6.07) is 3.83. The maximum atomic E-state index is 12.8. The molecule has 0 unspecified atom stereocenters. The number of carbonyl (C=O) groups is 2. The number of amides is 2. The third-order valence-corrected chi connectivity index (χ3v) is 6.57. The van der Waals surface area contributed by atoms with Crippen LogP contribution in [-0.4, -0.2) is 53.8 Å². The summed E-state index contributed by atoms with van der Waals surface area (Å²) in [6.45, 7) is 1.60. The fourth-order valence-corrected chi connectivity index (χ4v) is 4.55. The van der Waals surface area contributed by atoms with Crippen molar-refractivity contribution >= 4 is 12.0 Å². The summed E-state index contributed by atoms with van der Waals surface area (Å²) < 4.78 is 43.3. The summed E-state index contributed by atoms with van der Waals surface area (Å²) in [6.07, 6.45) is -0.374. The van der Waals surface area contributed by atoms with E-state index in [0.29, 0.717) is 45.4 Å². The van der Waals surface area contributed by atoms with Crippen molar-refractivity contribution in [2.75, 3.05) is 19.7 Å². The van der Waals surface area contributed by atoms with Crippen LogP contribution in [0.1, 0.15) is 61.6 Å². The van der Waals surface area contributed by atoms with Crippen molar-refractivity contribution < 1.29 is 27.5 Å². The van der Waals surface area contributed by atoms with Gasteiger partial charge in [0.05, 0.1) is 12.0 Å². The maximum Gasteiger partial charge on any atom is 0.407 e. The second-order valence-corrected chi connectivity index (χ2v) is 8.58. The Morgan fingerprint density at radius 2 is 1.90 bits per heavy atom. The molecule has 0 radical (unpaired) electrons. The quantitative estimate of drug-likeness (QED) is 0.780. The van der Waals surface area contributed by atoms with Crippen molar-refractivity contribution in [1.29, 1.82) is 0 Å². The Balaban J connectivity index is 1.21. The van der Waals surface area contributed by atoms with E-state index in [1.807, 2.05) is 18.3 Å². The summed E-state index contributed by atoms with van der Waals surface area (Å²) in [5, 5.41) is 2.66. The number of likely N-dealkylation sites (tertiary alicyclic amines) is 1. The summed E-state index contributed by atoms with van der Waals surface area (Å²) in [5.41, 5.74) is 1.93. The first kappa shape index (κ1) is 20.9. The SMILES string of the molecule is O=C1N[C@H](CCC(=O)N2CC(c3ccc(C4CCC(C(F)(F)F)CC4)nc3)C2)CO1. The average molecular weight is 425 g/mol. The highest BCUT2D eigenvalue weighted by Crippen LogP contribution is 2.42. The summed E-state index contributed by atoms with van der Waals surface area (Å²) in [4.78, 5) is 29.6. The normalized spacial score (nSPS) is 27.4. The third kappa shape index (κ3) is 4.70. The van der Waals surface area contributed by atoms with E-state index >= 15 is 0 Å². The van der Waals surface area contributed by atoms with Crippen LogP contribution < -0.4 is 5.32 Å². The molecule has 1 aromatic rings. The highest BCUT2D eigenvalue weighted by Gasteiger charge is 2.41. The molecule has 3 fully saturated rings. The zero-order valence-electron chi connectivity index (χ0n) is 16.7. The molecule has 1 atom stereocenters. The van der Waals surface area contributed by atoms with Gasteiger partial charge in [-0.25, -0.2) is 4.79 Å². The molecule has 3 aliphatic rings. The van der Waals surface area contributed by atoms with Gasteiger partial charge in [0.1, 0.15) is 6.61 Å². The van der Waals surface area contributed by atoms with Gasteiger partial charge in [-0.15, -0.1) is 0 Å². The predicted molar refractivity (Wildman–Crippen MR) is 102 cm³/mol. The Labute approximate surface area is 173 Å². The molecule has 1 saturated carbocycles. The number of nitrogens with zero attached hydrogens (tertiary/aromatic N) is 2. The Morgan fingerprint density at radius 3 is 2.47 bits per heavy atom. The van der Waals surface area contributed by atoms with E-state index in [4.69, 9.17) is 4.74 Å². The minimum absolute atomic E-state index is 0.0680. The van der Waals surface area contributed by atoms with Crippen LogP contribution in [0.3, 0.4) is 0 Å². The number of halogens is 3. The summed E-state index contributed by atoms with van der Waals surface area (Å²) in [5.74, 6) is -0.773. The standard InChI is InChI=1S/C21H26F3N3O3/c22-21(23,24)16-4-1-13(2-5-16)18-7-3-14(9-25-18)15-10-27(11-15)19(28)8-6-17-12-30-20(29)26-17/h3,7,9,13,15-17H,1-2,4-6,8,10-12H2,(H,26,29)/t13?,16?,17-/m1/s1. The number of alkyl carbamates (subject to hydrolysis) is 1. The number of aromatic nitrogens is 1. The highest BCUT2D eigenvalue weighted by atomic mass is 19.4. The number of nitrogens with one attached hydrogen (secondary N) is 1. The largest absolute Gasteiger partial charge is 0.447 e. The Kier molecular flexibility index (Phi) is 5.88. The zero-order valence-corrected chi connectivity index (χ0v) is 16.7. The first-order valence-corrected chi connectivity index (χ1v) is 10.5. The second kappa shape index (κ2) is 8.43. The smallest absolute Gasteiger partial charge is 0.407 e. The van der Waals surface area contributed by atoms with Crippen molar-refractivity contribution in [3.63, 3.8) is 0 Å². The molecule has 4 rings (SSSR count). The number of alkyl halides is 3. The fourth-order valence-electron chi connectivity index (χ4n) is 4.55. The van der Waals surface area contributed by atoms with Crippen molar-refractivity contribution in [2.24, 2.45) is 5.92 Å². The van der Waals surface area contributed by atoms with Gasteiger partial charge < -0.3 is 15.0 Å². The Hall–Kier alpha value is -2.32. The molecule has 0 bridgehead atoms. The van der Waals surface area contributed by atoms with E-state index in [9.17, 15) is 22.8 Å². The molecule has 2 aliphatic heterocycles. The number of ether oxygens (including phenoxy) is 1. The Bertz CT molecular complexity index is 770. The van der Waals surface area contributed by atoms with E-state index in [1.165, 1.54) is 0 Å². The minimum Gasteiger partial charge on any atom is -0.447 e. The molecule has 1 aliphatic carbocycles. The molecule has 2 amide bonds. The number of hydrogen-bond acceptors (Lipinski definition) is 4. The molecule has 3 heterocycles. The van der Waals surface area contributed by atoms with Gasteiger partial charge in [0.15, 0.2) is 0 Å². The molecule has 1 N–H and O–H groups in total. The van der Waals surface area contributed by atoms with Crippen molar-refractivity contribution in [3.05, 3.63) is 29.6 Å². The van der Waals surface area contributed by atoms with Crippen LogP contribution in [0.4, 0.5) is 18.0 Å². The van der Waals surface area contributed by atoms with Gasteiger partial charge in [0.2, 0.25) is 5.91 Å². The van der Waals surface area contributed by atoms with Crippen LogP contribution in [0.2, 0.25) is 0 Å². The summed E-state index contributed by atoms with van der Waals surface area (Å²) >= 11 is 0. The average Bonchev–Trinajstić information content (AvgIpc) is 3.10. The molecular formula is C21H26F3N3O3. The van der Waals surface area contributed by atoms with Crippen molar-refractivity contribution in [3.8, 4) is 0 Å². The number of cyclic esters (lactones) is 1. The topological polar surface area (TPSA) is 71.5 Å². The van der Waals surface area contributed by atoms with Crippen LogP contribution in [-0.2, 0) is 9.53 Å². The van der Waals surface area contributed by atoms with Crippen LogP contribution in [0, 0.1) is 5.92 Å². The highest BCUT2D eigenvalue weighted by molar-refractivity contribution is 5.77. The summed E-state index contributed by atoms with van der Waals surface area (Å²) in [7, 11) is 0. The lowest BCUT2D eigenvalue weighted by atomic mass is 9.80. The Morgan fingerprint density at radius 1 is 1.17 bits per heavy atom. The van der Waals surface area contributed by atoms with Crippen LogP contribution in [0.15, 0.2) is 18.3 Å². The maximum absolute atomic E-state index is 12.8. The van der Waals surface area contributed by atoms with E-state index < -0.39 is 18.2 Å². The fraction of sp³-hybridized carbons (Fsp3) is 0.667. The van der Waals surface area contributed by atoms with Gasteiger partial charge in [-0.3, -0.25) is 9.78 Å². The molecule has 6 nitrogen and oxygen atoms in total. The molecule has 9 heteroatoms. The number of rotatable bonds is 5. The van der Waals surface area contributed by atoms with Gasteiger partial charge in [0, 0.05) is 43.2 Å². The van der Waals surface area contributed by atoms with Gasteiger partial charge in [0.25, 0.3) is 0 Å². The van der Waals surface area contributed by atoms with Crippen molar-refractivity contribution in [1.82, 2.24) is 15.2 Å². The van der Waals surface area contributed by atoms with E-state index in [2.05, 4.69) is 10.3 Å². The predicted octanol–water partition coefficient (Wildman–Crippen LogP) is 3.73. The van der Waals surface area contributed by atoms with E-state index in [0.717, 1.165) is 11.3 Å². The number of carbonyl (C=O) groups excluding carboxylic acids is 2. The van der Waals surface area contributed by atoms with Gasteiger partial charge in [-0.1, -0.05) is 6.07 Å². The van der Waals surface area contributed by atoms with Crippen LogP contribution in [0.25, 0.3) is 0 Å². The molecule has 0 spiro atoms.